The van der Waals surface area contributed by atoms with Crippen LogP contribution in [0.4, 0.5) is 0 Å². The van der Waals surface area contributed by atoms with E-state index in [0.717, 1.165) is 10.0 Å². The predicted octanol–water partition coefficient (Wildman–Crippen LogP) is 1.79. The van der Waals surface area contributed by atoms with Gasteiger partial charge in [-0.25, -0.2) is 9.67 Å². The van der Waals surface area contributed by atoms with Crippen molar-refractivity contribution >= 4 is 21.8 Å². The summed E-state index contributed by atoms with van der Waals surface area (Å²) in [6, 6.07) is 9.45. The molecule has 1 heterocycles. The van der Waals surface area contributed by atoms with Gasteiger partial charge in [0.25, 0.3) is 5.82 Å². The van der Waals surface area contributed by atoms with Crippen molar-refractivity contribution in [3.05, 3.63) is 46.5 Å². The summed E-state index contributed by atoms with van der Waals surface area (Å²) in [5.74, 6) is -0.131. The maximum atomic E-state index is 11.9. The van der Waals surface area contributed by atoms with E-state index in [2.05, 4.69) is 31.3 Å². The number of nitrogens with one attached hydrogen (secondary N) is 1. The van der Waals surface area contributed by atoms with Crippen molar-refractivity contribution in [2.75, 3.05) is 0 Å². The summed E-state index contributed by atoms with van der Waals surface area (Å²) >= 11 is 3.37. The average molecular weight is 334 g/mol. The Labute approximate surface area is 124 Å². The van der Waals surface area contributed by atoms with E-state index < -0.39 is 0 Å². The van der Waals surface area contributed by atoms with Gasteiger partial charge < -0.3 is 5.32 Å². The van der Waals surface area contributed by atoms with Crippen LogP contribution in [0.25, 0.3) is 0 Å². The van der Waals surface area contributed by atoms with Crippen LogP contribution in [-0.4, -0.2) is 20.7 Å². The van der Waals surface area contributed by atoms with Crippen molar-refractivity contribution in [3.63, 3.8) is 0 Å². The molecule has 6 nitrogen and oxygen atoms in total. The number of nitriles is 1. The van der Waals surface area contributed by atoms with Crippen molar-refractivity contribution in [1.82, 2.24) is 20.1 Å². The number of halogens is 1. The molecule has 1 N–H and O–H groups in total. The van der Waals surface area contributed by atoms with Crippen LogP contribution in [0.3, 0.4) is 0 Å². The highest BCUT2D eigenvalue weighted by atomic mass is 79.9. The highest BCUT2D eigenvalue weighted by molar-refractivity contribution is 9.10. The predicted molar refractivity (Wildman–Crippen MR) is 75.4 cm³/mol. The highest BCUT2D eigenvalue weighted by Gasteiger charge is 2.11. The van der Waals surface area contributed by atoms with Crippen molar-refractivity contribution in [2.45, 2.75) is 19.5 Å². The van der Waals surface area contributed by atoms with Crippen LogP contribution in [0, 0.1) is 11.3 Å². The summed E-state index contributed by atoms with van der Waals surface area (Å²) in [5.41, 5.74) is 1.01. The van der Waals surface area contributed by atoms with Crippen molar-refractivity contribution < 1.29 is 4.79 Å². The Morgan fingerprint density at radius 2 is 2.20 bits per heavy atom. The third-order valence-corrected chi connectivity index (χ3v) is 3.22. The number of benzene rings is 1. The molecule has 20 heavy (non-hydrogen) atoms. The zero-order valence-electron chi connectivity index (χ0n) is 10.7. The molecule has 0 aliphatic heterocycles. The molecule has 0 radical (unpaired) electrons. The molecule has 2 rings (SSSR count). The molecule has 7 heteroatoms. The molecule has 102 valence electrons. The van der Waals surface area contributed by atoms with Crippen molar-refractivity contribution in [1.29, 1.82) is 5.26 Å². The number of amides is 1. The van der Waals surface area contributed by atoms with E-state index in [4.69, 9.17) is 5.26 Å². The second-order valence-electron chi connectivity index (χ2n) is 4.22. The minimum atomic E-state index is -0.185. The molecule has 0 aliphatic carbocycles. The van der Waals surface area contributed by atoms with E-state index in [0.29, 0.717) is 0 Å². The van der Waals surface area contributed by atoms with E-state index >= 15 is 0 Å². The molecule has 2 aromatic rings. The maximum Gasteiger partial charge on any atom is 0.252 e. The van der Waals surface area contributed by atoms with E-state index in [1.807, 2.05) is 37.3 Å². The second kappa shape index (κ2) is 6.30. The SMILES string of the molecule is CC(NC(=O)Cn1cnc(C#N)n1)c1ccc(Br)cc1. The van der Waals surface area contributed by atoms with Crippen LogP contribution < -0.4 is 5.32 Å². The molecule has 1 aromatic carbocycles. The number of aromatic nitrogens is 3. The summed E-state index contributed by atoms with van der Waals surface area (Å²) in [4.78, 5) is 15.6. The van der Waals surface area contributed by atoms with Crippen LogP contribution in [0.5, 0.6) is 0 Å². The number of rotatable bonds is 4. The minimum Gasteiger partial charge on any atom is -0.348 e. The zero-order valence-corrected chi connectivity index (χ0v) is 12.3. The molecular weight excluding hydrogens is 322 g/mol. The van der Waals surface area contributed by atoms with E-state index in [1.54, 1.807) is 0 Å². The Hall–Kier alpha value is -2.20. The van der Waals surface area contributed by atoms with Crippen molar-refractivity contribution in [2.24, 2.45) is 0 Å². The third-order valence-electron chi connectivity index (χ3n) is 2.69. The lowest BCUT2D eigenvalue weighted by atomic mass is 10.1. The third kappa shape index (κ3) is 3.65. The average Bonchev–Trinajstić information content (AvgIpc) is 2.86. The molecular formula is C13H12BrN5O. The Bertz CT molecular complexity index is 644. The topological polar surface area (TPSA) is 83.6 Å². The van der Waals surface area contributed by atoms with Crippen LogP contribution in [0.2, 0.25) is 0 Å². The Morgan fingerprint density at radius 3 is 2.80 bits per heavy atom. The second-order valence-corrected chi connectivity index (χ2v) is 5.13. The number of hydrogen-bond acceptors (Lipinski definition) is 4. The van der Waals surface area contributed by atoms with E-state index in [1.165, 1.54) is 11.0 Å². The van der Waals surface area contributed by atoms with Gasteiger partial charge in [-0.15, -0.1) is 5.10 Å². The molecule has 1 amide bonds. The highest BCUT2D eigenvalue weighted by Crippen LogP contribution is 2.16. The van der Waals surface area contributed by atoms with Gasteiger partial charge in [-0.2, -0.15) is 5.26 Å². The van der Waals surface area contributed by atoms with E-state index in [9.17, 15) is 4.79 Å². The molecule has 0 fully saturated rings. The molecule has 0 spiro atoms. The number of carbonyl (C=O) groups is 1. The van der Waals surface area contributed by atoms with Gasteiger partial charge in [0.1, 0.15) is 18.9 Å². The van der Waals surface area contributed by atoms with Gasteiger partial charge >= 0.3 is 0 Å². The smallest absolute Gasteiger partial charge is 0.252 e. The first-order chi connectivity index (χ1) is 9.58. The van der Waals surface area contributed by atoms with Gasteiger partial charge in [0.2, 0.25) is 5.91 Å². The van der Waals surface area contributed by atoms with Crippen LogP contribution in [0.1, 0.15) is 24.4 Å². The molecule has 1 aromatic heterocycles. The molecule has 0 aliphatic rings. The number of nitrogens with zero attached hydrogens (tertiary/aromatic N) is 4. The number of hydrogen-bond donors (Lipinski definition) is 1. The first-order valence-electron chi connectivity index (χ1n) is 5.93. The fourth-order valence-electron chi connectivity index (χ4n) is 1.69. The van der Waals surface area contributed by atoms with Crippen LogP contribution >= 0.6 is 15.9 Å². The number of carbonyl (C=O) groups excluding carboxylic acids is 1. The molecule has 0 bridgehead atoms. The molecule has 1 atom stereocenters. The van der Waals surface area contributed by atoms with Crippen LogP contribution in [0.15, 0.2) is 35.1 Å². The summed E-state index contributed by atoms with van der Waals surface area (Å²) in [6.45, 7) is 1.94. The molecule has 1 unspecified atom stereocenters. The van der Waals surface area contributed by atoms with Gasteiger partial charge in [0.05, 0.1) is 6.04 Å². The Balaban J connectivity index is 1.94. The lowest BCUT2D eigenvalue weighted by molar-refractivity contribution is -0.122. The normalized spacial score (nSPS) is 11.7. The monoisotopic (exact) mass is 333 g/mol. The summed E-state index contributed by atoms with van der Waals surface area (Å²) < 4.78 is 2.33. The first kappa shape index (κ1) is 14.2. The quantitative estimate of drug-likeness (QED) is 0.924. The maximum absolute atomic E-state index is 11.9. The Morgan fingerprint density at radius 1 is 1.50 bits per heavy atom. The van der Waals surface area contributed by atoms with Gasteiger partial charge in [-0.1, -0.05) is 28.1 Å². The zero-order chi connectivity index (χ0) is 14.5. The first-order valence-corrected chi connectivity index (χ1v) is 6.72. The largest absolute Gasteiger partial charge is 0.348 e. The summed E-state index contributed by atoms with van der Waals surface area (Å²) in [5, 5.41) is 15.3. The standard InChI is InChI=1S/C13H12BrN5O/c1-9(10-2-4-11(14)5-3-10)17-13(20)7-19-8-16-12(6-15)18-19/h2-5,8-9H,7H2,1H3,(H,17,20). The van der Waals surface area contributed by atoms with Gasteiger partial charge in [-0.05, 0) is 24.6 Å². The lowest BCUT2D eigenvalue weighted by Gasteiger charge is -2.14. The van der Waals surface area contributed by atoms with Gasteiger partial charge in [-0.3, -0.25) is 4.79 Å². The fraction of sp³-hybridized carbons (Fsp3) is 0.231. The summed E-state index contributed by atoms with van der Waals surface area (Å²) in [7, 11) is 0. The van der Waals surface area contributed by atoms with Crippen molar-refractivity contribution in [3.8, 4) is 6.07 Å². The Kier molecular flexibility index (Phi) is 4.48. The lowest BCUT2D eigenvalue weighted by Crippen LogP contribution is -2.30. The summed E-state index contributed by atoms with van der Waals surface area (Å²) in [6.07, 6.45) is 1.36. The van der Waals surface area contributed by atoms with Crippen LogP contribution in [-0.2, 0) is 11.3 Å². The molecule has 0 saturated carbocycles. The minimum absolute atomic E-state index is 0.0373. The van der Waals surface area contributed by atoms with Gasteiger partial charge in [0, 0.05) is 4.47 Å². The fourth-order valence-corrected chi connectivity index (χ4v) is 1.96. The molecule has 0 saturated heterocycles. The van der Waals surface area contributed by atoms with Gasteiger partial charge in [0.15, 0.2) is 0 Å². The van der Waals surface area contributed by atoms with E-state index in [-0.39, 0.29) is 24.3 Å².